The second-order valence-corrected chi connectivity index (χ2v) is 7.46. The van der Waals surface area contributed by atoms with Gasteiger partial charge in [-0.3, -0.25) is 9.59 Å². The number of amides is 2. The van der Waals surface area contributed by atoms with Crippen LogP contribution in [0.25, 0.3) is 0 Å². The van der Waals surface area contributed by atoms with Crippen LogP contribution < -0.4 is 10.2 Å². The number of carbonyl (C=O) groups excluding carboxylic acids is 2. The van der Waals surface area contributed by atoms with E-state index in [2.05, 4.69) is 31.0 Å². The molecule has 0 saturated carbocycles. The van der Waals surface area contributed by atoms with Crippen LogP contribution >= 0.6 is 0 Å². The number of nitrogens with one attached hydrogen (secondary N) is 1. The lowest BCUT2D eigenvalue weighted by molar-refractivity contribution is -0.121. The van der Waals surface area contributed by atoms with Crippen molar-refractivity contribution in [3.63, 3.8) is 0 Å². The van der Waals surface area contributed by atoms with Crippen LogP contribution in [0.1, 0.15) is 44.2 Å². The average Bonchev–Trinajstić information content (AvgIpc) is 3.24. The fourth-order valence-corrected chi connectivity index (χ4v) is 3.73. The van der Waals surface area contributed by atoms with E-state index in [4.69, 9.17) is 4.42 Å². The third kappa shape index (κ3) is 4.55. The second-order valence-electron chi connectivity index (χ2n) is 7.46. The summed E-state index contributed by atoms with van der Waals surface area (Å²) in [6.07, 6.45) is 2.82. The predicted octanol–water partition coefficient (Wildman–Crippen LogP) is 4.01. The molecule has 2 amide bonds. The first-order chi connectivity index (χ1) is 13.5. The molecule has 0 unspecified atom stereocenters. The summed E-state index contributed by atoms with van der Waals surface area (Å²) in [5, 5.41) is 3.02. The molecule has 0 spiro atoms. The number of hydrogen-bond acceptors (Lipinski definition) is 4. The fourth-order valence-electron chi connectivity index (χ4n) is 3.73. The van der Waals surface area contributed by atoms with E-state index in [-0.39, 0.29) is 17.7 Å². The lowest BCUT2D eigenvalue weighted by Gasteiger charge is -2.31. The minimum Gasteiger partial charge on any atom is -0.459 e. The van der Waals surface area contributed by atoms with E-state index in [1.807, 2.05) is 24.3 Å². The van der Waals surface area contributed by atoms with Gasteiger partial charge in [-0.25, -0.2) is 0 Å². The van der Waals surface area contributed by atoms with Gasteiger partial charge in [-0.15, -0.1) is 0 Å². The van der Waals surface area contributed by atoms with Gasteiger partial charge in [0.05, 0.1) is 6.26 Å². The van der Waals surface area contributed by atoms with Crippen molar-refractivity contribution in [1.82, 2.24) is 4.90 Å². The Morgan fingerprint density at radius 2 is 1.86 bits per heavy atom. The zero-order valence-electron chi connectivity index (χ0n) is 16.9. The molecule has 6 nitrogen and oxygen atoms in total. The van der Waals surface area contributed by atoms with Gasteiger partial charge in [0.1, 0.15) is 0 Å². The summed E-state index contributed by atoms with van der Waals surface area (Å²) >= 11 is 0. The van der Waals surface area contributed by atoms with Crippen LogP contribution in [0.5, 0.6) is 0 Å². The first-order valence-corrected chi connectivity index (χ1v) is 10.00. The molecule has 1 aromatic carbocycles. The molecule has 1 aliphatic rings. The molecule has 0 atom stereocenters. The van der Waals surface area contributed by atoms with Crippen LogP contribution in [0, 0.1) is 5.92 Å². The molecule has 1 fully saturated rings. The van der Waals surface area contributed by atoms with Crippen LogP contribution in [0.2, 0.25) is 0 Å². The van der Waals surface area contributed by atoms with E-state index in [1.165, 1.54) is 6.26 Å². The Labute approximate surface area is 166 Å². The number of benzene rings is 1. The van der Waals surface area contributed by atoms with Crippen molar-refractivity contribution in [1.29, 1.82) is 0 Å². The topological polar surface area (TPSA) is 65.8 Å². The zero-order valence-corrected chi connectivity index (χ0v) is 16.9. The maximum absolute atomic E-state index is 12.6. The molecule has 1 aliphatic heterocycles. The van der Waals surface area contributed by atoms with Gasteiger partial charge in [0.25, 0.3) is 5.91 Å². The number of likely N-dealkylation sites (tertiary alicyclic amines) is 1. The Morgan fingerprint density at radius 3 is 2.39 bits per heavy atom. The summed E-state index contributed by atoms with van der Waals surface area (Å²) in [6.45, 7) is 8.55. The fraction of sp³-hybridized carbons (Fsp3) is 0.455. The van der Waals surface area contributed by atoms with Gasteiger partial charge in [-0.1, -0.05) is 0 Å². The Balaban J connectivity index is 1.52. The highest BCUT2D eigenvalue weighted by Crippen LogP contribution is 2.23. The van der Waals surface area contributed by atoms with Gasteiger partial charge in [0.15, 0.2) is 5.76 Å². The van der Waals surface area contributed by atoms with E-state index >= 15 is 0 Å². The smallest absolute Gasteiger partial charge is 0.289 e. The van der Waals surface area contributed by atoms with E-state index in [1.54, 1.807) is 17.0 Å². The SMILES string of the molecule is CCN(c1ccc(NC(=O)C2CCN(C(=O)c3ccco3)CC2)cc1)C(C)C. The molecule has 2 heterocycles. The lowest BCUT2D eigenvalue weighted by Crippen LogP contribution is -2.41. The molecule has 2 aromatic rings. The highest BCUT2D eigenvalue weighted by Gasteiger charge is 2.28. The summed E-state index contributed by atoms with van der Waals surface area (Å²) in [5.41, 5.74) is 1.96. The number of rotatable bonds is 6. The van der Waals surface area contributed by atoms with E-state index in [0.29, 0.717) is 37.7 Å². The van der Waals surface area contributed by atoms with E-state index in [0.717, 1.165) is 17.9 Å². The van der Waals surface area contributed by atoms with Gasteiger partial charge >= 0.3 is 0 Å². The molecule has 0 bridgehead atoms. The van der Waals surface area contributed by atoms with Crippen molar-refractivity contribution in [2.75, 3.05) is 29.9 Å². The van der Waals surface area contributed by atoms with Crippen LogP contribution in [0.15, 0.2) is 47.1 Å². The molecule has 150 valence electrons. The molecular weight excluding hydrogens is 354 g/mol. The van der Waals surface area contributed by atoms with Crippen molar-refractivity contribution in [2.24, 2.45) is 5.92 Å². The predicted molar refractivity (Wildman–Crippen MR) is 111 cm³/mol. The monoisotopic (exact) mass is 383 g/mol. The van der Waals surface area contributed by atoms with Crippen molar-refractivity contribution in [3.05, 3.63) is 48.4 Å². The Hall–Kier alpha value is -2.76. The van der Waals surface area contributed by atoms with Gasteiger partial charge in [0, 0.05) is 43.0 Å². The highest BCUT2D eigenvalue weighted by molar-refractivity contribution is 5.94. The maximum atomic E-state index is 12.6. The molecule has 1 saturated heterocycles. The van der Waals surface area contributed by atoms with Crippen molar-refractivity contribution in [3.8, 4) is 0 Å². The van der Waals surface area contributed by atoms with Crippen LogP contribution in [0.3, 0.4) is 0 Å². The van der Waals surface area contributed by atoms with Gasteiger partial charge in [0.2, 0.25) is 5.91 Å². The lowest BCUT2D eigenvalue weighted by atomic mass is 9.95. The minimum absolute atomic E-state index is 0.0223. The molecular formula is C22H29N3O3. The molecule has 1 N–H and O–H groups in total. The molecule has 0 radical (unpaired) electrons. The highest BCUT2D eigenvalue weighted by atomic mass is 16.3. The second kappa shape index (κ2) is 8.95. The van der Waals surface area contributed by atoms with E-state index < -0.39 is 0 Å². The standard InChI is InChI=1S/C22H29N3O3/c1-4-25(16(2)3)19-9-7-18(8-10-19)23-21(26)17-11-13-24(14-12-17)22(27)20-6-5-15-28-20/h5-10,15-17H,4,11-14H2,1-3H3,(H,23,26). The van der Waals surface area contributed by atoms with Crippen molar-refractivity contribution >= 4 is 23.2 Å². The number of piperidine rings is 1. The largest absolute Gasteiger partial charge is 0.459 e. The number of carbonyl (C=O) groups is 2. The van der Waals surface area contributed by atoms with Gasteiger partial charge < -0.3 is 19.5 Å². The average molecular weight is 383 g/mol. The van der Waals surface area contributed by atoms with Crippen LogP contribution in [-0.4, -0.2) is 42.4 Å². The zero-order chi connectivity index (χ0) is 20.1. The molecule has 28 heavy (non-hydrogen) atoms. The third-order valence-electron chi connectivity index (χ3n) is 5.32. The summed E-state index contributed by atoms with van der Waals surface area (Å²) in [4.78, 5) is 29.0. The van der Waals surface area contributed by atoms with Gasteiger partial charge in [-0.2, -0.15) is 0 Å². The summed E-state index contributed by atoms with van der Waals surface area (Å²) < 4.78 is 5.18. The Kier molecular flexibility index (Phi) is 6.39. The Bertz CT molecular complexity index is 776. The first kappa shape index (κ1) is 20.0. The van der Waals surface area contributed by atoms with Crippen molar-refractivity contribution < 1.29 is 14.0 Å². The summed E-state index contributed by atoms with van der Waals surface area (Å²) in [5.74, 6) is 0.188. The number of furan rings is 1. The third-order valence-corrected chi connectivity index (χ3v) is 5.32. The number of hydrogen-bond donors (Lipinski definition) is 1. The number of anilines is 2. The van der Waals surface area contributed by atoms with Crippen LogP contribution in [-0.2, 0) is 4.79 Å². The first-order valence-electron chi connectivity index (χ1n) is 10.00. The number of nitrogens with zero attached hydrogens (tertiary/aromatic N) is 2. The van der Waals surface area contributed by atoms with Gasteiger partial charge in [-0.05, 0) is 70.0 Å². The maximum Gasteiger partial charge on any atom is 0.289 e. The summed E-state index contributed by atoms with van der Waals surface area (Å²) in [7, 11) is 0. The molecule has 1 aromatic heterocycles. The normalized spacial score (nSPS) is 14.9. The quantitative estimate of drug-likeness (QED) is 0.819. The van der Waals surface area contributed by atoms with Crippen molar-refractivity contribution in [2.45, 2.75) is 39.7 Å². The molecule has 0 aliphatic carbocycles. The Morgan fingerprint density at radius 1 is 1.18 bits per heavy atom. The molecule has 6 heteroatoms. The molecule has 3 rings (SSSR count). The van der Waals surface area contributed by atoms with Crippen LogP contribution in [0.4, 0.5) is 11.4 Å². The minimum atomic E-state index is -0.106. The summed E-state index contributed by atoms with van der Waals surface area (Å²) in [6, 6.07) is 11.8. The van der Waals surface area contributed by atoms with E-state index in [9.17, 15) is 9.59 Å².